The van der Waals surface area contributed by atoms with Crippen LogP contribution in [0.3, 0.4) is 0 Å². The number of rotatable bonds is 4. The van der Waals surface area contributed by atoms with Gasteiger partial charge in [-0.1, -0.05) is 12.1 Å². The summed E-state index contributed by atoms with van der Waals surface area (Å²) in [6.07, 6.45) is 3.91. The summed E-state index contributed by atoms with van der Waals surface area (Å²) >= 11 is 1.76. The van der Waals surface area contributed by atoms with Crippen LogP contribution in [0.5, 0.6) is 0 Å². The molecule has 2 aromatic heterocycles. The van der Waals surface area contributed by atoms with Gasteiger partial charge in [0.05, 0.1) is 6.04 Å². The molecule has 0 radical (unpaired) electrons. The van der Waals surface area contributed by atoms with Crippen molar-refractivity contribution in [2.45, 2.75) is 26.4 Å². The van der Waals surface area contributed by atoms with E-state index in [1.165, 1.54) is 21.3 Å². The van der Waals surface area contributed by atoms with Crippen molar-refractivity contribution in [2.75, 3.05) is 0 Å². The summed E-state index contributed by atoms with van der Waals surface area (Å²) in [6, 6.07) is 8.90. The number of hydrogen-bond donors (Lipinski definition) is 2. The summed E-state index contributed by atoms with van der Waals surface area (Å²) in [6.45, 7) is 5.10. The van der Waals surface area contributed by atoms with E-state index in [2.05, 4.69) is 53.4 Å². The van der Waals surface area contributed by atoms with Crippen molar-refractivity contribution < 1.29 is 0 Å². The van der Waals surface area contributed by atoms with E-state index in [1.807, 2.05) is 12.4 Å². The van der Waals surface area contributed by atoms with Crippen LogP contribution >= 0.6 is 11.3 Å². The monoisotopic (exact) mass is 271 g/mol. The molecule has 3 rings (SSSR count). The molecule has 1 unspecified atom stereocenters. The Kier molecular flexibility index (Phi) is 3.36. The van der Waals surface area contributed by atoms with Crippen molar-refractivity contribution in [3.8, 4) is 0 Å². The smallest absolute Gasteiger partial charge is 0.109 e. The molecule has 3 aromatic rings. The number of nitrogens with one attached hydrogen (secondary N) is 2. The Labute approximate surface area is 116 Å². The van der Waals surface area contributed by atoms with Crippen LogP contribution in [0.1, 0.15) is 28.4 Å². The van der Waals surface area contributed by atoms with E-state index in [0.29, 0.717) is 0 Å². The maximum absolute atomic E-state index is 4.42. The number of hydrogen-bond acceptors (Lipinski definition) is 3. The van der Waals surface area contributed by atoms with Gasteiger partial charge in [0.2, 0.25) is 0 Å². The van der Waals surface area contributed by atoms with Gasteiger partial charge in [-0.3, -0.25) is 0 Å². The molecule has 0 bridgehead atoms. The zero-order chi connectivity index (χ0) is 13.2. The fourth-order valence-corrected chi connectivity index (χ4v) is 2.94. The van der Waals surface area contributed by atoms with Crippen LogP contribution < -0.4 is 5.32 Å². The highest BCUT2D eigenvalue weighted by Gasteiger charge is 2.08. The Morgan fingerprint density at radius 2 is 2.26 bits per heavy atom. The number of fused-ring (bicyclic) bond motifs is 1. The summed E-state index contributed by atoms with van der Waals surface area (Å²) < 4.78 is 0. The molecule has 0 aliphatic heterocycles. The maximum atomic E-state index is 4.42. The average Bonchev–Trinajstić information content (AvgIpc) is 3.03. The topological polar surface area (TPSA) is 40.7 Å². The molecule has 0 fully saturated rings. The molecule has 0 spiro atoms. The number of aromatic amines is 1. The average molecular weight is 271 g/mol. The number of thiazole rings is 1. The van der Waals surface area contributed by atoms with Gasteiger partial charge in [0.15, 0.2) is 0 Å². The van der Waals surface area contributed by atoms with Gasteiger partial charge in [-0.25, -0.2) is 4.98 Å². The van der Waals surface area contributed by atoms with Crippen LogP contribution in [0.4, 0.5) is 0 Å². The summed E-state index contributed by atoms with van der Waals surface area (Å²) in [5.74, 6) is 0. The van der Waals surface area contributed by atoms with Crippen molar-refractivity contribution in [2.24, 2.45) is 0 Å². The number of benzene rings is 1. The van der Waals surface area contributed by atoms with Crippen molar-refractivity contribution >= 4 is 22.2 Å². The largest absolute Gasteiger partial charge is 0.361 e. The minimum absolute atomic E-state index is 0.290. The Morgan fingerprint density at radius 1 is 1.37 bits per heavy atom. The third-order valence-corrected chi connectivity index (χ3v) is 4.34. The number of aromatic nitrogens is 2. The second-order valence-corrected chi connectivity index (χ2v) is 6.08. The SMILES string of the molecule is Cc1cnc(C(C)NCc2ccc3cc[nH]c3c2)s1. The van der Waals surface area contributed by atoms with Crippen LogP contribution in [-0.4, -0.2) is 9.97 Å². The quantitative estimate of drug-likeness (QED) is 0.758. The Hall–Kier alpha value is -1.65. The van der Waals surface area contributed by atoms with Crippen molar-refractivity contribution in [1.29, 1.82) is 0 Å². The second-order valence-electron chi connectivity index (χ2n) is 4.81. The van der Waals surface area contributed by atoms with Crippen LogP contribution in [-0.2, 0) is 6.54 Å². The molecular weight excluding hydrogens is 254 g/mol. The predicted octanol–water partition coefficient (Wildman–Crippen LogP) is 3.78. The van der Waals surface area contributed by atoms with Gasteiger partial charge in [0.25, 0.3) is 0 Å². The fourth-order valence-electron chi connectivity index (χ4n) is 2.14. The molecular formula is C15H17N3S. The van der Waals surface area contributed by atoms with Crippen molar-refractivity contribution in [1.82, 2.24) is 15.3 Å². The van der Waals surface area contributed by atoms with Crippen LogP contribution in [0, 0.1) is 6.92 Å². The first kappa shape index (κ1) is 12.4. The van der Waals surface area contributed by atoms with Gasteiger partial charge >= 0.3 is 0 Å². The fraction of sp³-hybridized carbons (Fsp3) is 0.267. The lowest BCUT2D eigenvalue weighted by atomic mass is 10.1. The first-order valence-electron chi connectivity index (χ1n) is 6.44. The Morgan fingerprint density at radius 3 is 3.05 bits per heavy atom. The zero-order valence-corrected chi connectivity index (χ0v) is 11.9. The summed E-state index contributed by atoms with van der Waals surface area (Å²) in [7, 11) is 0. The van der Waals surface area contributed by atoms with Gasteiger partial charge in [0.1, 0.15) is 5.01 Å². The highest BCUT2D eigenvalue weighted by atomic mass is 32.1. The molecule has 0 aliphatic rings. The number of nitrogens with zero attached hydrogens (tertiary/aromatic N) is 1. The lowest BCUT2D eigenvalue weighted by Gasteiger charge is -2.11. The number of aryl methyl sites for hydroxylation is 1. The molecule has 98 valence electrons. The van der Waals surface area contributed by atoms with E-state index in [4.69, 9.17) is 0 Å². The number of H-pyrrole nitrogens is 1. The van der Waals surface area contributed by atoms with Crippen LogP contribution in [0.15, 0.2) is 36.7 Å². The van der Waals surface area contributed by atoms with Crippen LogP contribution in [0.25, 0.3) is 10.9 Å². The predicted molar refractivity (Wildman–Crippen MR) is 80.4 cm³/mol. The highest BCUT2D eigenvalue weighted by molar-refractivity contribution is 7.11. The lowest BCUT2D eigenvalue weighted by Crippen LogP contribution is -2.17. The third-order valence-electron chi connectivity index (χ3n) is 3.24. The molecule has 0 saturated carbocycles. The van der Waals surface area contributed by atoms with Crippen LogP contribution in [0.2, 0.25) is 0 Å². The molecule has 2 heterocycles. The van der Waals surface area contributed by atoms with E-state index < -0.39 is 0 Å². The molecule has 2 N–H and O–H groups in total. The molecule has 0 aliphatic carbocycles. The molecule has 0 saturated heterocycles. The maximum Gasteiger partial charge on any atom is 0.109 e. The third kappa shape index (κ3) is 2.69. The van der Waals surface area contributed by atoms with Gasteiger partial charge in [-0.2, -0.15) is 0 Å². The first-order valence-corrected chi connectivity index (χ1v) is 7.26. The molecule has 1 atom stereocenters. The van der Waals surface area contributed by atoms with E-state index in [-0.39, 0.29) is 6.04 Å². The van der Waals surface area contributed by atoms with Gasteiger partial charge in [-0.15, -0.1) is 11.3 Å². The van der Waals surface area contributed by atoms with Gasteiger partial charge in [0, 0.05) is 29.3 Å². The Balaban J connectivity index is 1.68. The minimum Gasteiger partial charge on any atom is -0.361 e. The first-order chi connectivity index (χ1) is 9.22. The van der Waals surface area contributed by atoms with Gasteiger partial charge < -0.3 is 10.3 Å². The zero-order valence-electron chi connectivity index (χ0n) is 11.1. The summed E-state index contributed by atoms with van der Waals surface area (Å²) in [4.78, 5) is 8.92. The standard InChI is InChI=1S/C15H17N3S/c1-10-8-18-15(19-10)11(2)17-9-12-3-4-13-5-6-16-14(13)7-12/h3-8,11,16-17H,9H2,1-2H3. The van der Waals surface area contributed by atoms with Gasteiger partial charge in [-0.05, 0) is 36.9 Å². The molecule has 4 heteroatoms. The van der Waals surface area contributed by atoms with E-state index in [0.717, 1.165) is 11.6 Å². The van der Waals surface area contributed by atoms with Crippen molar-refractivity contribution in [3.63, 3.8) is 0 Å². The second kappa shape index (κ2) is 5.15. The molecule has 3 nitrogen and oxygen atoms in total. The molecule has 1 aromatic carbocycles. The normalized spacial score (nSPS) is 12.9. The summed E-state index contributed by atoms with van der Waals surface area (Å²) in [5, 5.41) is 5.93. The highest BCUT2D eigenvalue weighted by Crippen LogP contribution is 2.20. The van der Waals surface area contributed by atoms with E-state index in [1.54, 1.807) is 11.3 Å². The summed E-state index contributed by atoms with van der Waals surface area (Å²) in [5.41, 5.74) is 2.48. The van der Waals surface area contributed by atoms with Crippen molar-refractivity contribution in [3.05, 3.63) is 52.1 Å². The van der Waals surface area contributed by atoms with E-state index >= 15 is 0 Å². The Bertz CT molecular complexity index is 683. The molecule has 19 heavy (non-hydrogen) atoms. The molecule has 0 amide bonds. The van der Waals surface area contributed by atoms with E-state index in [9.17, 15) is 0 Å². The minimum atomic E-state index is 0.290. The lowest BCUT2D eigenvalue weighted by molar-refractivity contribution is 0.572.